The summed E-state index contributed by atoms with van der Waals surface area (Å²) < 4.78 is 12.5. The first-order chi connectivity index (χ1) is 13.0. The zero-order chi connectivity index (χ0) is 21.1. The minimum Gasteiger partial charge on any atom is -0.543 e. The van der Waals surface area contributed by atoms with E-state index in [9.17, 15) is 10.4 Å². The van der Waals surface area contributed by atoms with Gasteiger partial charge in [-0.1, -0.05) is 45.0 Å². The zero-order valence-corrected chi connectivity index (χ0v) is 19.0. The van der Waals surface area contributed by atoms with Crippen LogP contribution in [-0.2, 0) is 6.61 Å². The highest BCUT2D eigenvalue weighted by Crippen LogP contribution is 2.38. The van der Waals surface area contributed by atoms with E-state index in [4.69, 9.17) is 9.16 Å². The van der Waals surface area contributed by atoms with E-state index in [2.05, 4.69) is 33.9 Å². The molecule has 1 unspecified atom stereocenters. The average Bonchev–Trinajstić information content (AvgIpc) is 2.59. The van der Waals surface area contributed by atoms with E-state index in [0.29, 0.717) is 5.56 Å². The van der Waals surface area contributed by atoms with E-state index in [1.807, 2.05) is 50.2 Å². The Labute approximate surface area is 169 Å². The lowest BCUT2D eigenvalue weighted by Crippen LogP contribution is -2.43. The van der Waals surface area contributed by atoms with Crippen molar-refractivity contribution in [1.29, 1.82) is 5.26 Å². The number of benzene rings is 2. The van der Waals surface area contributed by atoms with Crippen molar-refractivity contribution in [3.05, 3.63) is 58.7 Å². The normalized spacial score (nSPS) is 13.0. The first-order valence-electron chi connectivity index (χ1n) is 9.55. The topological polar surface area (TPSA) is 62.5 Å². The molecule has 0 aliphatic rings. The molecule has 2 rings (SSSR count). The highest BCUT2D eigenvalue weighted by Gasteiger charge is 2.39. The van der Waals surface area contributed by atoms with Gasteiger partial charge in [-0.2, -0.15) is 5.26 Å². The van der Waals surface area contributed by atoms with Crippen molar-refractivity contribution >= 4 is 8.32 Å². The molecule has 0 aliphatic heterocycles. The molecule has 0 spiro atoms. The maximum atomic E-state index is 10.1. The fraction of sp³-hybridized carbons (Fsp3) is 0.435. The minimum absolute atomic E-state index is 0.0762. The van der Waals surface area contributed by atoms with Crippen molar-refractivity contribution in [2.45, 2.75) is 65.5 Å². The van der Waals surface area contributed by atoms with Gasteiger partial charge in [-0.3, -0.25) is 0 Å². The predicted molar refractivity (Wildman–Crippen MR) is 115 cm³/mol. The number of para-hydroxylation sites is 1. The van der Waals surface area contributed by atoms with Gasteiger partial charge in [0, 0.05) is 5.56 Å². The molecular weight excluding hydrogens is 366 g/mol. The van der Waals surface area contributed by atoms with Gasteiger partial charge in [-0.25, -0.2) is 0 Å². The third-order valence-corrected chi connectivity index (χ3v) is 9.85. The molecule has 0 radical (unpaired) electrons. The van der Waals surface area contributed by atoms with Gasteiger partial charge in [0.15, 0.2) is 6.10 Å². The van der Waals surface area contributed by atoms with Crippen molar-refractivity contribution in [2.24, 2.45) is 0 Å². The minimum atomic E-state index is -1.99. The summed E-state index contributed by atoms with van der Waals surface area (Å²) in [6.07, 6.45) is -1.20. The number of aliphatic hydroxyl groups is 1. The van der Waals surface area contributed by atoms with Gasteiger partial charge in [-0.15, -0.1) is 0 Å². The molecule has 0 saturated heterocycles. The second-order valence-electron chi connectivity index (χ2n) is 8.76. The molecule has 1 atom stereocenters. The maximum absolute atomic E-state index is 10.1. The maximum Gasteiger partial charge on any atom is 0.250 e. The first kappa shape index (κ1) is 22.0. The lowest BCUT2D eigenvalue weighted by Gasteiger charge is -2.36. The van der Waals surface area contributed by atoms with E-state index >= 15 is 0 Å². The van der Waals surface area contributed by atoms with Crippen LogP contribution in [0.2, 0.25) is 18.1 Å². The van der Waals surface area contributed by atoms with Gasteiger partial charge in [0.1, 0.15) is 18.1 Å². The van der Waals surface area contributed by atoms with Gasteiger partial charge in [0.05, 0.1) is 6.07 Å². The molecule has 1 N–H and O–H groups in total. The van der Waals surface area contributed by atoms with E-state index in [1.54, 1.807) is 6.07 Å². The van der Waals surface area contributed by atoms with Crippen molar-refractivity contribution in [2.75, 3.05) is 0 Å². The third kappa shape index (κ3) is 4.95. The van der Waals surface area contributed by atoms with E-state index in [-0.39, 0.29) is 11.6 Å². The molecule has 0 heterocycles. The van der Waals surface area contributed by atoms with E-state index in [0.717, 1.165) is 28.2 Å². The summed E-state index contributed by atoms with van der Waals surface area (Å²) in [5.41, 5.74) is 3.41. The predicted octanol–water partition coefficient (Wildman–Crippen LogP) is 5.82. The van der Waals surface area contributed by atoms with Gasteiger partial charge in [-0.05, 0) is 60.8 Å². The van der Waals surface area contributed by atoms with Gasteiger partial charge >= 0.3 is 0 Å². The molecule has 0 fully saturated rings. The van der Waals surface area contributed by atoms with Crippen LogP contribution in [-0.4, -0.2) is 13.4 Å². The van der Waals surface area contributed by atoms with E-state index < -0.39 is 14.4 Å². The Hall–Kier alpha value is -2.29. The third-order valence-electron chi connectivity index (χ3n) is 5.49. The van der Waals surface area contributed by atoms with Crippen LogP contribution < -0.4 is 9.16 Å². The highest BCUT2D eigenvalue weighted by molar-refractivity contribution is 6.74. The summed E-state index contributed by atoms with van der Waals surface area (Å²) >= 11 is 0. The number of nitrogens with zero attached hydrogens (tertiary/aromatic N) is 1. The van der Waals surface area contributed by atoms with Crippen molar-refractivity contribution in [1.82, 2.24) is 0 Å². The molecule has 4 nitrogen and oxygen atoms in total. The summed E-state index contributed by atoms with van der Waals surface area (Å²) in [6.45, 7) is 15.2. The van der Waals surface area contributed by atoms with Crippen LogP contribution in [0.15, 0.2) is 36.4 Å². The van der Waals surface area contributed by atoms with Crippen LogP contribution in [0.3, 0.4) is 0 Å². The fourth-order valence-corrected chi connectivity index (χ4v) is 3.75. The van der Waals surface area contributed by atoms with Crippen LogP contribution in [0.4, 0.5) is 0 Å². The number of aryl methyl sites for hydroxylation is 2. The Morgan fingerprint density at radius 2 is 1.71 bits per heavy atom. The molecule has 0 saturated carbocycles. The molecule has 150 valence electrons. The van der Waals surface area contributed by atoms with Crippen LogP contribution in [0.5, 0.6) is 11.5 Å². The van der Waals surface area contributed by atoms with Crippen LogP contribution in [0, 0.1) is 25.2 Å². The smallest absolute Gasteiger partial charge is 0.250 e. The molecule has 5 heteroatoms. The lowest BCUT2D eigenvalue weighted by molar-refractivity contribution is 0.229. The molecule has 2 aromatic carbocycles. The first-order valence-corrected chi connectivity index (χ1v) is 12.5. The lowest BCUT2D eigenvalue weighted by atomic mass is 10.0. The average molecular weight is 398 g/mol. The second kappa shape index (κ2) is 8.38. The van der Waals surface area contributed by atoms with Gasteiger partial charge < -0.3 is 14.3 Å². The Morgan fingerprint density at radius 1 is 1.11 bits per heavy atom. The molecule has 2 aromatic rings. The second-order valence-corrected chi connectivity index (χ2v) is 13.5. The summed E-state index contributed by atoms with van der Waals surface area (Å²) in [7, 11) is -1.99. The van der Waals surface area contributed by atoms with Gasteiger partial charge in [0.2, 0.25) is 8.32 Å². The molecule has 0 amide bonds. The standard InChI is InChI=1S/C23H31NO3Si/c1-16-9-8-10-17(2)22(16)26-15-18-13-19(11-12-20(18)21(25)14-24)27-28(6,7)23(3,4)5/h8-13,21,25H,15H2,1-7H3. The Balaban J connectivity index is 2.36. The Bertz CT molecular complexity index is 858. The number of rotatable bonds is 6. The monoisotopic (exact) mass is 397 g/mol. The van der Waals surface area contributed by atoms with Gasteiger partial charge in [0.25, 0.3) is 0 Å². The Morgan fingerprint density at radius 3 is 2.25 bits per heavy atom. The van der Waals surface area contributed by atoms with Crippen LogP contribution >= 0.6 is 0 Å². The fourth-order valence-electron chi connectivity index (χ4n) is 2.73. The Kier molecular flexibility index (Phi) is 6.58. The SMILES string of the molecule is Cc1cccc(C)c1OCc1cc(O[Si](C)(C)C(C)(C)C)ccc1C(O)C#N. The molecule has 0 bridgehead atoms. The largest absolute Gasteiger partial charge is 0.543 e. The quantitative estimate of drug-likeness (QED) is 0.492. The number of aliphatic hydroxyl groups excluding tert-OH is 1. The number of hydrogen-bond acceptors (Lipinski definition) is 4. The number of ether oxygens (including phenoxy) is 1. The van der Waals surface area contributed by atoms with Crippen LogP contribution in [0.25, 0.3) is 0 Å². The van der Waals surface area contributed by atoms with Crippen LogP contribution in [0.1, 0.15) is 49.1 Å². The van der Waals surface area contributed by atoms with Crippen molar-refractivity contribution < 1.29 is 14.3 Å². The molecule has 0 aliphatic carbocycles. The zero-order valence-electron chi connectivity index (χ0n) is 18.0. The molecule has 28 heavy (non-hydrogen) atoms. The number of hydrogen-bond donors (Lipinski definition) is 1. The molecular formula is C23H31NO3Si. The molecule has 0 aromatic heterocycles. The van der Waals surface area contributed by atoms with E-state index in [1.165, 1.54) is 0 Å². The van der Waals surface area contributed by atoms with Crippen molar-refractivity contribution in [3.8, 4) is 17.6 Å². The summed E-state index contributed by atoms with van der Waals surface area (Å²) in [6, 6.07) is 13.4. The number of nitriles is 1. The summed E-state index contributed by atoms with van der Waals surface area (Å²) in [5.74, 6) is 1.58. The van der Waals surface area contributed by atoms with Crippen molar-refractivity contribution in [3.63, 3.8) is 0 Å². The summed E-state index contributed by atoms with van der Waals surface area (Å²) in [5, 5.41) is 19.4. The highest BCUT2D eigenvalue weighted by atomic mass is 28.4. The summed E-state index contributed by atoms with van der Waals surface area (Å²) in [4.78, 5) is 0.